The van der Waals surface area contributed by atoms with E-state index < -0.39 is 12.0 Å². The van der Waals surface area contributed by atoms with Crippen molar-refractivity contribution in [1.82, 2.24) is 0 Å². The Bertz CT molecular complexity index is 432. The largest absolute Gasteiger partial charge is 0.478 e. The molecule has 0 aromatic heterocycles. The van der Waals surface area contributed by atoms with Gasteiger partial charge in [-0.25, -0.2) is 4.79 Å². The maximum Gasteiger partial charge on any atom is 0.335 e. The fraction of sp³-hybridized carbons (Fsp3) is 0.200. The molecule has 16 heavy (non-hydrogen) atoms. The number of carbonyl (C=O) groups is 2. The number of aromatic carboxylic acids is 1. The predicted octanol–water partition coefficient (Wildman–Crippen LogP) is 1.43. The molecule has 0 saturated carbocycles. The average Bonchev–Trinajstić information content (AvgIpc) is 2.20. The maximum atomic E-state index is 11.3. The lowest BCUT2D eigenvalue weighted by atomic mass is 10.2. The molecule has 0 bridgehead atoms. The molecule has 1 aromatic carbocycles. The van der Waals surface area contributed by atoms with Crippen molar-refractivity contribution in [1.29, 1.82) is 0 Å². The van der Waals surface area contributed by atoms with E-state index in [1.165, 1.54) is 12.1 Å². The van der Waals surface area contributed by atoms with Crippen molar-refractivity contribution in [3.8, 4) is 0 Å². The molecule has 1 amide bonds. The Kier molecular flexibility index (Phi) is 4.03. The molecule has 1 unspecified atom stereocenters. The van der Waals surface area contributed by atoms with Gasteiger partial charge in [0, 0.05) is 4.47 Å². The van der Waals surface area contributed by atoms with E-state index in [2.05, 4.69) is 21.2 Å². The number of benzene rings is 1. The molecule has 0 saturated heterocycles. The van der Waals surface area contributed by atoms with Crippen molar-refractivity contribution in [2.45, 2.75) is 13.0 Å². The lowest BCUT2D eigenvalue weighted by Crippen LogP contribution is -2.32. The van der Waals surface area contributed by atoms with Crippen LogP contribution in [0.15, 0.2) is 22.7 Å². The van der Waals surface area contributed by atoms with Crippen molar-refractivity contribution in [3.63, 3.8) is 0 Å². The first kappa shape index (κ1) is 12.7. The minimum atomic E-state index is -1.05. The van der Waals surface area contributed by atoms with E-state index in [4.69, 9.17) is 10.8 Å². The monoisotopic (exact) mass is 286 g/mol. The predicted molar refractivity (Wildman–Crippen MR) is 63.4 cm³/mol. The first-order valence-electron chi connectivity index (χ1n) is 4.51. The van der Waals surface area contributed by atoms with Gasteiger partial charge in [0.25, 0.3) is 0 Å². The second kappa shape index (κ2) is 5.09. The molecule has 0 spiro atoms. The van der Waals surface area contributed by atoms with E-state index >= 15 is 0 Å². The summed E-state index contributed by atoms with van der Waals surface area (Å²) in [4.78, 5) is 22.1. The molecule has 0 aliphatic rings. The van der Waals surface area contributed by atoms with Gasteiger partial charge in [-0.2, -0.15) is 0 Å². The Morgan fingerprint density at radius 3 is 2.62 bits per heavy atom. The van der Waals surface area contributed by atoms with Crippen molar-refractivity contribution < 1.29 is 14.7 Å². The third kappa shape index (κ3) is 3.04. The summed E-state index contributed by atoms with van der Waals surface area (Å²) < 4.78 is 0.603. The number of nitrogens with two attached hydrogens (primary N) is 1. The Morgan fingerprint density at radius 1 is 1.50 bits per heavy atom. The van der Waals surface area contributed by atoms with Crippen LogP contribution in [0.25, 0.3) is 0 Å². The topological polar surface area (TPSA) is 92.4 Å². The van der Waals surface area contributed by atoms with Crippen molar-refractivity contribution >= 4 is 33.5 Å². The number of carboxylic acid groups (broad SMARTS) is 1. The van der Waals surface area contributed by atoms with E-state index in [0.29, 0.717) is 10.2 Å². The first-order valence-corrected chi connectivity index (χ1v) is 5.30. The third-order valence-electron chi connectivity index (χ3n) is 1.88. The summed E-state index contributed by atoms with van der Waals surface area (Å²) in [6.45, 7) is 1.55. The molecule has 0 fully saturated rings. The molecule has 0 heterocycles. The van der Waals surface area contributed by atoms with Gasteiger partial charge >= 0.3 is 5.97 Å². The van der Waals surface area contributed by atoms with E-state index in [1.54, 1.807) is 13.0 Å². The second-order valence-corrected chi connectivity index (χ2v) is 4.13. The van der Waals surface area contributed by atoms with Crippen LogP contribution >= 0.6 is 15.9 Å². The molecule has 4 N–H and O–H groups in total. The molecule has 5 nitrogen and oxygen atoms in total. The first-order chi connectivity index (χ1) is 7.41. The van der Waals surface area contributed by atoms with Crippen LogP contribution in [0, 0.1) is 0 Å². The SMILES string of the molecule is CC(N)C(=O)Nc1cc(C(=O)O)ccc1Br. The zero-order valence-electron chi connectivity index (χ0n) is 8.53. The third-order valence-corrected chi connectivity index (χ3v) is 2.58. The Hall–Kier alpha value is -1.40. The molecular formula is C10H11BrN2O3. The fourth-order valence-corrected chi connectivity index (χ4v) is 1.35. The number of rotatable bonds is 3. The number of amides is 1. The summed E-state index contributed by atoms with van der Waals surface area (Å²) >= 11 is 3.21. The lowest BCUT2D eigenvalue weighted by Gasteiger charge is -2.10. The van der Waals surface area contributed by atoms with Crippen molar-refractivity contribution in [3.05, 3.63) is 28.2 Å². The summed E-state index contributed by atoms with van der Waals surface area (Å²) in [5, 5.41) is 11.3. The van der Waals surface area contributed by atoms with Gasteiger partial charge in [-0.3, -0.25) is 4.79 Å². The molecule has 0 aliphatic heterocycles. The number of hydrogen-bond donors (Lipinski definition) is 3. The molecule has 86 valence electrons. The van der Waals surface area contributed by atoms with E-state index in [0.717, 1.165) is 0 Å². The van der Waals surface area contributed by atoms with Gasteiger partial charge in [-0.05, 0) is 41.1 Å². The number of carbonyl (C=O) groups excluding carboxylic acids is 1. The van der Waals surface area contributed by atoms with Crippen LogP contribution in [0.2, 0.25) is 0 Å². The number of hydrogen-bond acceptors (Lipinski definition) is 3. The quantitative estimate of drug-likeness (QED) is 0.784. The van der Waals surface area contributed by atoms with Crippen molar-refractivity contribution in [2.24, 2.45) is 5.73 Å². The van der Waals surface area contributed by atoms with Crippen LogP contribution < -0.4 is 11.1 Å². The van der Waals surface area contributed by atoms with Crippen molar-refractivity contribution in [2.75, 3.05) is 5.32 Å². The van der Waals surface area contributed by atoms with Crippen LogP contribution in [-0.4, -0.2) is 23.0 Å². The smallest absolute Gasteiger partial charge is 0.335 e. The van der Waals surface area contributed by atoms with Crippen LogP contribution in [0.5, 0.6) is 0 Å². The minimum Gasteiger partial charge on any atom is -0.478 e. The highest BCUT2D eigenvalue weighted by Crippen LogP contribution is 2.23. The molecule has 6 heteroatoms. The Balaban J connectivity index is 2.99. The number of nitrogens with one attached hydrogen (secondary N) is 1. The van der Waals surface area contributed by atoms with Gasteiger partial charge in [0.1, 0.15) is 0 Å². The fourth-order valence-electron chi connectivity index (χ4n) is 1.00. The van der Waals surface area contributed by atoms with Crippen LogP contribution in [0.1, 0.15) is 17.3 Å². The van der Waals surface area contributed by atoms with Crippen LogP contribution in [-0.2, 0) is 4.79 Å². The molecular weight excluding hydrogens is 276 g/mol. The molecule has 0 radical (unpaired) electrons. The average molecular weight is 287 g/mol. The summed E-state index contributed by atoms with van der Waals surface area (Å²) in [7, 11) is 0. The van der Waals surface area contributed by atoms with Crippen LogP contribution in [0.4, 0.5) is 5.69 Å². The highest BCUT2D eigenvalue weighted by Gasteiger charge is 2.12. The van der Waals surface area contributed by atoms with Gasteiger partial charge in [-0.1, -0.05) is 0 Å². The zero-order chi connectivity index (χ0) is 12.3. The Labute approximate surface area is 101 Å². The zero-order valence-corrected chi connectivity index (χ0v) is 10.1. The highest BCUT2D eigenvalue weighted by molar-refractivity contribution is 9.10. The maximum absolute atomic E-state index is 11.3. The van der Waals surface area contributed by atoms with Gasteiger partial charge in [0.2, 0.25) is 5.91 Å². The van der Waals surface area contributed by atoms with E-state index in [1.807, 2.05) is 0 Å². The number of carboxylic acids is 1. The molecule has 1 rings (SSSR count). The van der Waals surface area contributed by atoms with E-state index in [-0.39, 0.29) is 11.5 Å². The van der Waals surface area contributed by atoms with Gasteiger partial charge in [0.15, 0.2) is 0 Å². The van der Waals surface area contributed by atoms with Gasteiger partial charge < -0.3 is 16.2 Å². The standard InChI is InChI=1S/C10H11BrN2O3/c1-5(12)9(14)13-8-4-6(10(15)16)2-3-7(8)11/h2-5H,12H2,1H3,(H,13,14)(H,15,16). The van der Waals surface area contributed by atoms with Crippen LogP contribution in [0.3, 0.4) is 0 Å². The summed E-state index contributed by atoms with van der Waals surface area (Å²) in [5.74, 6) is -1.42. The van der Waals surface area contributed by atoms with E-state index in [9.17, 15) is 9.59 Å². The van der Waals surface area contributed by atoms with Gasteiger partial charge in [-0.15, -0.1) is 0 Å². The van der Waals surface area contributed by atoms with Gasteiger partial charge in [0.05, 0.1) is 17.3 Å². The number of anilines is 1. The summed E-state index contributed by atoms with van der Waals surface area (Å²) in [6, 6.07) is 3.71. The minimum absolute atomic E-state index is 0.100. The summed E-state index contributed by atoms with van der Waals surface area (Å²) in [5.41, 5.74) is 5.88. The molecule has 1 atom stereocenters. The lowest BCUT2D eigenvalue weighted by molar-refractivity contribution is -0.117. The molecule has 1 aromatic rings. The highest BCUT2D eigenvalue weighted by atomic mass is 79.9. The number of halogens is 1. The molecule has 0 aliphatic carbocycles. The second-order valence-electron chi connectivity index (χ2n) is 3.28. The summed E-state index contributed by atoms with van der Waals surface area (Å²) in [6.07, 6.45) is 0. The Morgan fingerprint density at radius 2 is 2.12 bits per heavy atom. The normalized spacial score (nSPS) is 11.9.